The van der Waals surface area contributed by atoms with Gasteiger partial charge in [0, 0.05) is 5.56 Å². The van der Waals surface area contributed by atoms with E-state index in [-0.39, 0.29) is 16.8 Å². The summed E-state index contributed by atoms with van der Waals surface area (Å²) in [5.74, 6) is 1.01. The average Bonchev–Trinajstić information content (AvgIpc) is 3.32. The Kier molecular flexibility index (Phi) is 9.62. The molecule has 0 bridgehead atoms. The minimum Gasteiger partial charge on any atom is -0.490 e. The predicted octanol–water partition coefficient (Wildman–Crippen LogP) is 7.42. The number of aliphatic imine (C=N–C) groups is 1. The third kappa shape index (κ3) is 7.60. The molecule has 0 saturated carbocycles. The molecule has 1 amide bonds. The van der Waals surface area contributed by atoms with Gasteiger partial charge in [-0.25, -0.2) is 0 Å². The lowest BCUT2D eigenvalue weighted by atomic mass is 9.87. The summed E-state index contributed by atoms with van der Waals surface area (Å²) in [4.78, 5) is 17.1. The van der Waals surface area contributed by atoms with Crippen LogP contribution in [0, 0.1) is 5.41 Å². The zero-order chi connectivity index (χ0) is 27.8. The van der Waals surface area contributed by atoms with E-state index in [9.17, 15) is 4.79 Å². The van der Waals surface area contributed by atoms with Crippen LogP contribution in [0.1, 0.15) is 77.3 Å². The molecule has 1 N–H and O–H groups in total. The van der Waals surface area contributed by atoms with E-state index in [0.717, 1.165) is 30.1 Å². The molecule has 0 radical (unpaired) electrons. The molecule has 2 aromatic rings. The fraction of sp³-hybridized carbons (Fsp3) is 0.419. The Hall–Kier alpha value is -3.39. The lowest BCUT2D eigenvalue weighted by Crippen LogP contribution is -2.35. The van der Waals surface area contributed by atoms with Gasteiger partial charge in [0.15, 0.2) is 5.84 Å². The number of benzene rings is 2. The number of carbonyl (C=O) groups is 1. The number of hydrogen-bond donors (Lipinski definition) is 1. The normalized spacial score (nSPS) is 16.3. The number of ether oxygens (including phenoxy) is 2. The highest BCUT2D eigenvalue weighted by Crippen LogP contribution is 2.31. The van der Waals surface area contributed by atoms with Crippen molar-refractivity contribution >= 4 is 39.8 Å². The van der Waals surface area contributed by atoms with Gasteiger partial charge in [0.2, 0.25) is 5.17 Å². The van der Waals surface area contributed by atoms with Crippen molar-refractivity contribution in [3.8, 4) is 11.5 Å². The van der Waals surface area contributed by atoms with Crippen LogP contribution in [0.5, 0.6) is 11.5 Å². The van der Waals surface area contributed by atoms with Gasteiger partial charge in [-0.1, -0.05) is 83.7 Å². The Morgan fingerprint density at radius 2 is 1.69 bits per heavy atom. The topological polar surface area (TPSA) is 87.3 Å². The van der Waals surface area contributed by atoms with Crippen LogP contribution < -0.4 is 9.47 Å². The standard InChI is InChI=1S/C31H38N4O3S/c1-5-6-7-8-9-14-27-34-35-28(32)25(29(36)33-30(35)39-27)21-22-12-10-11-13-26(22)38-20-19-37-24-17-15-23(16-18-24)31(2,3)4/h10-13,15-18,21,32H,5-9,14,19-20H2,1-4H3/b25-21-,32-28?. The van der Waals surface area contributed by atoms with Crippen molar-refractivity contribution < 1.29 is 14.3 Å². The van der Waals surface area contributed by atoms with Crippen LogP contribution in [-0.2, 0) is 10.2 Å². The van der Waals surface area contributed by atoms with Crippen LogP contribution >= 0.6 is 11.8 Å². The lowest BCUT2D eigenvalue weighted by Gasteiger charge is -2.20. The molecular formula is C31H38N4O3S. The first-order valence-electron chi connectivity index (χ1n) is 13.7. The van der Waals surface area contributed by atoms with Crippen LogP contribution in [0.4, 0.5) is 0 Å². The highest BCUT2D eigenvalue weighted by atomic mass is 32.2. The number of amides is 1. The molecule has 2 aliphatic heterocycles. The summed E-state index contributed by atoms with van der Waals surface area (Å²) in [6.45, 7) is 9.46. The monoisotopic (exact) mass is 546 g/mol. The second-order valence-corrected chi connectivity index (χ2v) is 11.7. The molecule has 0 aromatic heterocycles. The number of fused-ring (bicyclic) bond motifs is 1. The molecule has 2 aliphatic rings. The molecule has 8 heteroatoms. The second-order valence-electron chi connectivity index (χ2n) is 10.7. The number of unbranched alkanes of at least 4 members (excludes halogenated alkanes) is 4. The predicted molar refractivity (Wildman–Crippen MR) is 161 cm³/mol. The zero-order valence-corrected chi connectivity index (χ0v) is 24.1. The number of hydrazone groups is 1. The van der Waals surface area contributed by atoms with E-state index in [1.165, 1.54) is 41.6 Å². The highest BCUT2D eigenvalue weighted by molar-refractivity contribution is 8.26. The number of thioether (sulfide) groups is 1. The SMILES string of the molecule is CCCCCCCC1=NN2C(=N)/C(=C/c3ccccc3OCCOc3ccc(C(C)(C)C)cc3)C(=O)N=C2S1. The minimum absolute atomic E-state index is 0.0373. The van der Waals surface area contributed by atoms with Gasteiger partial charge in [-0.05, 0) is 59.9 Å². The number of nitrogens with one attached hydrogen (secondary N) is 1. The van der Waals surface area contributed by atoms with Crippen LogP contribution in [0.3, 0.4) is 0 Å². The summed E-state index contributed by atoms with van der Waals surface area (Å²) in [7, 11) is 0. The summed E-state index contributed by atoms with van der Waals surface area (Å²) in [6, 6.07) is 15.6. The van der Waals surface area contributed by atoms with Crippen molar-refractivity contribution in [1.82, 2.24) is 5.01 Å². The maximum absolute atomic E-state index is 12.9. The molecule has 0 fully saturated rings. The van der Waals surface area contributed by atoms with Gasteiger partial charge in [-0.2, -0.15) is 15.1 Å². The van der Waals surface area contributed by atoms with Crippen molar-refractivity contribution in [1.29, 1.82) is 5.41 Å². The third-order valence-electron chi connectivity index (χ3n) is 6.54. The summed E-state index contributed by atoms with van der Waals surface area (Å²) in [6.07, 6.45) is 8.39. The summed E-state index contributed by atoms with van der Waals surface area (Å²) >= 11 is 1.39. The smallest absolute Gasteiger partial charge is 0.283 e. The van der Waals surface area contributed by atoms with Crippen LogP contribution in [-0.4, -0.2) is 40.2 Å². The maximum Gasteiger partial charge on any atom is 0.283 e. The molecule has 0 unspecified atom stereocenters. The number of nitrogens with zero attached hydrogens (tertiary/aromatic N) is 3. The largest absolute Gasteiger partial charge is 0.490 e. The molecule has 7 nitrogen and oxygen atoms in total. The molecule has 39 heavy (non-hydrogen) atoms. The van der Waals surface area contributed by atoms with Crippen molar-refractivity contribution in [3.05, 3.63) is 65.2 Å². The van der Waals surface area contributed by atoms with Gasteiger partial charge in [0.05, 0.1) is 5.57 Å². The summed E-state index contributed by atoms with van der Waals surface area (Å²) in [5.41, 5.74) is 2.24. The highest BCUT2D eigenvalue weighted by Gasteiger charge is 2.35. The first kappa shape index (κ1) is 28.6. The van der Waals surface area contributed by atoms with Crippen LogP contribution in [0.2, 0.25) is 0 Å². The van der Waals surface area contributed by atoms with E-state index in [1.54, 1.807) is 6.08 Å². The summed E-state index contributed by atoms with van der Waals surface area (Å²) < 4.78 is 11.8. The Morgan fingerprint density at radius 1 is 0.974 bits per heavy atom. The van der Waals surface area contributed by atoms with Gasteiger partial charge in [0.25, 0.3) is 5.91 Å². The zero-order valence-electron chi connectivity index (χ0n) is 23.3. The molecule has 2 aromatic carbocycles. The Morgan fingerprint density at radius 3 is 2.44 bits per heavy atom. The molecule has 4 rings (SSSR count). The average molecular weight is 547 g/mol. The van der Waals surface area contributed by atoms with Gasteiger partial charge in [-0.3, -0.25) is 10.2 Å². The Labute approximate surface area is 235 Å². The fourth-order valence-electron chi connectivity index (χ4n) is 4.26. The van der Waals surface area contributed by atoms with E-state index >= 15 is 0 Å². The molecule has 0 atom stereocenters. The van der Waals surface area contributed by atoms with E-state index in [1.807, 2.05) is 36.4 Å². The number of rotatable bonds is 12. The van der Waals surface area contributed by atoms with Gasteiger partial charge >= 0.3 is 0 Å². The Bertz CT molecular complexity index is 1280. The number of para-hydroxylation sites is 1. The maximum atomic E-state index is 12.9. The number of amidine groups is 2. The Balaban J connectivity index is 1.36. The van der Waals surface area contributed by atoms with Crippen molar-refractivity contribution in [2.75, 3.05) is 13.2 Å². The van der Waals surface area contributed by atoms with E-state index in [2.05, 4.69) is 49.9 Å². The third-order valence-corrected chi connectivity index (χ3v) is 7.51. The molecule has 0 aliphatic carbocycles. The second kappa shape index (κ2) is 13.1. The number of carbonyl (C=O) groups excluding carboxylic acids is 1. The molecular weight excluding hydrogens is 508 g/mol. The lowest BCUT2D eigenvalue weighted by molar-refractivity contribution is -0.114. The minimum atomic E-state index is -0.435. The van der Waals surface area contributed by atoms with Crippen molar-refractivity contribution in [2.24, 2.45) is 10.1 Å². The quantitative estimate of drug-likeness (QED) is 0.221. The first-order valence-corrected chi connectivity index (χ1v) is 14.5. The molecule has 0 saturated heterocycles. The van der Waals surface area contributed by atoms with E-state index < -0.39 is 5.91 Å². The first-order chi connectivity index (χ1) is 18.8. The van der Waals surface area contributed by atoms with Crippen LogP contribution in [0.25, 0.3) is 6.08 Å². The fourth-order valence-corrected chi connectivity index (χ4v) is 5.19. The van der Waals surface area contributed by atoms with Crippen LogP contribution in [0.15, 0.2) is 64.2 Å². The molecule has 206 valence electrons. The van der Waals surface area contributed by atoms with E-state index in [0.29, 0.717) is 29.7 Å². The van der Waals surface area contributed by atoms with Crippen molar-refractivity contribution in [2.45, 2.75) is 71.6 Å². The van der Waals surface area contributed by atoms with Gasteiger partial charge in [0.1, 0.15) is 29.8 Å². The van der Waals surface area contributed by atoms with Crippen molar-refractivity contribution in [3.63, 3.8) is 0 Å². The van der Waals surface area contributed by atoms with Gasteiger partial charge < -0.3 is 9.47 Å². The van der Waals surface area contributed by atoms with Gasteiger partial charge in [-0.15, -0.1) is 0 Å². The summed E-state index contributed by atoms with van der Waals surface area (Å²) in [5, 5.41) is 16.1. The number of hydrogen-bond acceptors (Lipinski definition) is 6. The van der Waals surface area contributed by atoms with E-state index in [4.69, 9.17) is 14.9 Å². The molecule has 2 heterocycles. The molecule has 0 spiro atoms.